The summed E-state index contributed by atoms with van der Waals surface area (Å²) in [6.45, 7) is 6.67. The minimum absolute atomic E-state index is 0.0799. The monoisotopic (exact) mass is 392 g/mol. The lowest BCUT2D eigenvalue weighted by Gasteiger charge is -2.21. The van der Waals surface area contributed by atoms with Crippen LogP contribution in [0.25, 0.3) is 11.3 Å². The molecule has 2 rings (SSSR count). The fraction of sp³-hybridized carbons (Fsp3) is 0.316. The van der Waals surface area contributed by atoms with Gasteiger partial charge in [0.2, 0.25) is 5.76 Å². The van der Waals surface area contributed by atoms with Gasteiger partial charge in [-0.1, -0.05) is 23.7 Å². The number of benzene rings is 1. The van der Waals surface area contributed by atoms with Crippen molar-refractivity contribution in [1.82, 2.24) is 10.6 Å². The Balaban J connectivity index is 1.98. The van der Waals surface area contributed by atoms with E-state index in [-0.39, 0.29) is 5.76 Å². The predicted octanol–water partition coefficient (Wildman–Crippen LogP) is 3.77. The molecule has 0 radical (unpaired) electrons. The first-order chi connectivity index (χ1) is 12.6. The summed E-state index contributed by atoms with van der Waals surface area (Å²) in [5.74, 6) is -1.26. The number of furan rings is 1. The van der Waals surface area contributed by atoms with E-state index in [1.807, 2.05) is 0 Å². The Morgan fingerprint density at radius 1 is 1.11 bits per heavy atom. The van der Waals surface area contributed by atoms with Crippen LogP contribution < -0.4 is 10.6 Å². The molecule has 0 unspecified atom stereocenters. The number of amides is 3. The van der Waals surface area contributed by atoms with Gasteiger partial charge in [0.15, 0.2) is 6.10 Å². The number of rotatable bonds is 4. The number of hydrogen-bond acceptors (Lipinski definition) is 5. The number of halogens is 1. The van der Waals surface area contributed by atoms with Gasteiger partial charge in [-0.2, -0.15) is 0 Å². The van der Waals surface area contributed by atoms with Gasteiger partial charge in [0, 0.05) is 11.1 Å². The van der Waals surface area contributed by atoms with E-state index in [4.69, 9.17) is 20.8 Å². The minimum atomic E-state index is -1.18. The van der Waals surface area contributed by atoms with Gasteiger partial charge < -0.3 is 14.5 Å². The fourth-order valence-electron chi connectivity index (χ4n) is 2.11. The van der Waals surface area contributed by atoms with Crippen molar-refractivity contribution in [3.63, 3.8) is 0 Å². The minimum Gasteiger partial charge on any atom is -0.449 e. The molecule has 8 heteroatoms. The quantitative estimate of drug-likeness (QED) is 0.772. The Morgan fingerprint density at radius 2 is 1.78 bits per heavy atom. The van der Waals surface area contributed by atoms with E-state index in [0.717, 1.165) is 0 Å². The third-order valence-corrected chi connectivity index (χ3v) is 3.65. The standard InChI is InChI=1S/C19H21ClN2O5/c1-11(16(23)21-18(25)22-19(2,3)4)26-17(24)15-10-9-14(27-15)12-7-5-6-8-13(12)20/h5-11H,1-4H3,(H2,21,22,23,25)/t11-/m0/s1. The van der Waals surface area contributed by atoms with E-state index in [1.165, 1.54) is 13.0 Å². The van der Waals surface area contributed by atoms with Crippen molar-refractivity contribution >= 4 is 29.5 Å². The summed E-state index contributed by atoms with van der Waals surface area (Å²) in [4.78, 5) is 35.9. The largest absolute Gasteiger partial charge is 0.449 e. The zero-order chi connectivity index (χ0) is 20.2. The van der Waals surface area contributed by atoms with Crippen LogP contribution in [0.4, 0.5) is 4.79 Å². The molecular weight excluding hydrogens is 372 g/mol. The lowest BCUT2D eigenvalue weighted by atomic mass is 10.1. The van der Waals surface area contributed by atoms with Crippen LogP contribution in [0, 0.1) is 0 Å². The van der Waals surface area contributed by atoms with E-state index in [2.05, 4.69) is 10.6 Å². The Kier molecular flexibility index (Phi) is 6.28. The van der Waals surface area contributed by atoms with E-state index in [9.17, 15) is 14.4 Å². The molecule has 2 N–H and O–H groups in total. The van der Waals surface area contributed by atoms with Crippen molar-refractivity contribution < 1.29 is 23.5 Å². The van der Waals surface area contributed by atoms with E-state index < -0.39 is 29.6 Å². The van der Waals surface area contributed by atoms with Crippen LogP contribution in [0.5, 0.6) is 0 Å². The normalized spacial score (nSPS) is 12.2. The molecule has 0 fully saturated rings. The van der Waals surface area contributed by atoms with Gasteiger partial charge in [-0.25, -0.2) is 9.59 Å². The number of esters is 1. The first kappa shape index (κ1) is 20.5. The lowest BCUT2D eigenvalue weighted by Crippen LogP contribution is -2.50. The molecule has 1 aromatic heterocycles. The summed E-state index contributed by atoms with van der Waals surface area (Å²) in [6.07, 6.45) is -1.18. The molecule has 1 atom stereocenters. The first-order valence-corrected chi connectivity index (χ1v) is 8.63. The number of imide groups is 1. The fourth-order valence-corrected chi connectivity index (χ4v) is 2.34. The zero-order valence-corrected chi connectivity index (χ0v) is 16.2. The molecule has 2 aromatic rings. The Hall–Kier alpha value is -2.80. The van der Waals surface area contributed by atoms with Gasteiger partial charge in [-0.05, 0) is 52.0 Å². The molecule has 0 aliphatic rings. The second kappa shape index (κ2) is 8.26. The van der Waals surface area contributed by atoms with Gasteiger partial charge in [0.05, 0.1) is 5.02 Å². The molecule has 0 saturated carbocycles. The highest BCUT2D eigenvalue weighted by Gasteiger charge is 2.24. The van der Waals surface area contributed by atoms with Crippen molar-refractivity contribution in [1.29, 1.82) is 0 Å². The van der Waals surface area contributed by atoms with Gasteiger partial charge in [0.1, 0.15) is 5.76 Å². The molecule has 3 amide bonds. The van der Waals surface area contributed by atoms with Crippen LogP contribution in [0.3, 0.4) is 0 Å². The summed E-state index contributed by atoms with van der Waals surface area (Å²) < 4.78 is 10.5. The number of nitrogens with one attached hydrogen (secondary N) is 2. The van der Waals surface area contributed by atoms with Gasteiger partial charge >= 0.3 is 12.0 Å². The molecule has 0 saturated heterocycles. The van der Waals surface area contributed by atoms with Crippen molar-refractivity contribution in [2.24, 2.45) is 0 Å². The summed E-state index contributed by atoms with van der Waals surface area (Å²) in [5.41, 5.74) is 0.121. The lowest BCUT2D eigenvalue weighted by molar-refractivity contribution is -0.128. The summed E-state index contributed by atoms with van der Waals surface area (Å²) in [6, 6.07) is 9.36. The SMILES string of the molecule is C[C@H](OC(=O)c1ccc(-c2ccccc2Cl)o1)C(=O)NC(=O)NC(C)(C)C. The highest BCUT2D eigenvalue weighted by molar-refractivity contribution is 6.33. The Morgan fingerprint density at radius 3 is 2.41 bits per heavy atom. The number of ether oxygens (including phenoxy) is 1. The second-order valence-corrected chi connectivity index (χ2v) is 7.29. The maximum Gasteiger partial charge on any atom is 0.375 e. The van der Waals surface area contributed by atoms with Crippen LogP contribution in [0.2, 0.25) is 5.02 Å². The van der Waals surface area contributed by atoms with E-state index >= 15 is 0 Å². The van der Waals surface area contributed by atoms with Crippen LogP contribution in [-0.2, 0) is 9.53 Å². The highest BCUT2D eigenvalue weighted by atomic mass is 35.5. The topological polar surface area (TPSA) is 97.6 Å². The average molecular weight is 393 g/mol. The van der Waals surface area contributed by atoms with Gasteiger partial charge in [-0.15, -0.1) is 0 Å². The van der Waals surface area contributed by atoms with Crippen LogP contribution in [0.1, 0.15) is 38.2 Å². The second-order valence-electron chi connectivity index (χ2n) is 6.88. The maximum absolute atomic E-state index is 12.2. The summed E-state index contributed by atoms with van der Waals surface area (Å²) in [7, 11) is 0. The summed E-state index contributed by atoms with van der Waals surface area (Å²) in [5, 5.41) is 5.17. The average Bonchev–Trinajstić information content (AvgIpc) is 3.03. The van der Waals surface area contributed by atoms with Crippen LogP contribution in [0.15, 0.2) is 40.8 Å². The Bertz CT molecular complexity index is 854. The third kappa shape index (κ3) is 5.86. The van der Waals surface area contributed by atoms with Gasteiger partial charge in [0.25, 0.3) is 5.91 Å². The van der Waals surface area contributed by atoms with Crippen LogP contribution in [-0.4, -0.2) is 29.6 Å². The molecular formula is C19H21ClN2O5. The molecule has 0 aliphatic carbocycles. The molecule has 0 bridgehead atoms. The van der Waals surface area contributed by atoms with Crippen molar-refractivity contribution in [3.05, 3.63) is 47.2 Å². The zero-order valence-electron chi connectivity index (χ0n) is 15.5. The smallest absolute Gasteiger partial charge is 0.375 e. The molecule has 27 heavy (non-hydrogen) atoms. The van der Waals surface area contributed by atoms with Crippen molar-refractivity contribution in [2.45, 2.75) is 39.3 Å². The van der Waals surface area contributed by atoms with Crippen molar-refractivity contribution in [3.8, 4) is 11.3 Å². The number of urea groups is 1. The first-order valence-electron chi connectivity index (χ1n) is 8.25. The molecule has 7 nitrogen and oxygen atoms in total. The third-order valence-electron chi connectivity index (χ3n) is 3.32. The van der Waals surface area contributed by atoms with Crippen molar-refractivity contribution in [2.75, 3.05) is 0 Å². The molecule has 1 heterocycles. The van der Waals surface area contributed by atoms with E-state index in [0.29, 0.717) is 16.3 Å². The Labute approximate surface area is 162 Å². The number of carbonyl (C=O) groups is 3. The van der Waals surface area contributed by atoms with Crippen LogP contribution >= 0.6 is 11.6 Å². The maximum atomic E-state index is 12.2. The summed E-state index contributed by atoms with van der Waals surface area (Å²) >= 11 is 6.10. The molecule has 0 aliphatic heterocycles. The van der Waals surface area contributed by atoms with E-state index in [1.54, 1.807) is 51.1 Å². The molecule has 1 aromatic carbocycles. The number of hydrogen-bond donors (Lipinski definition) is 2. The van der Waals surface area contributed by atoms with Gasteiger partial charge in [-0.3, -0.25) is 10.1 Å². The molecule has 144 valence electrons. The highest BCUT2D eigenvalue weighted by Crippen LogP contribution is 2.29. The number of carbonyl (C=O) groups excluding carboxylic acids is 3. The molecule has 0 spiro atoms. The predicted molar refractivity (Wildman–Crippen MR) is 100 cm³/mol.